The monoisotopic (exact) mass is 381 g/mol. The quantitative estimate of drug-likeness (QED) is 0.821. The van der Waals surface area contributed by atoms with E-state index in [0.717, 1.165) is 22.6 Å². The SMILES string of the molecule is Cc1ccc(NC(=O)CN2N=N[C@H]3C(=O)N(c4ccc(F)cc4)C(=O)[C@H]32)cc1. The molecule has 1 fully saturated rings. The van der Waals surface area contributed by atoms with Crippen molar-refractivity contribution in [1.82, 2.24) is 5.01 Å². The number of nitrogens with zero attached hydrogens (tertiary/aromatic N) is 4. The van der Waals surface area contributed by atoms with Crippen molar-refractivity contribution in [3.8, 4) is 0 Å². The second-order valence-electron chi connectivity index (χ2n) is 6.59. The number of hydrogen-bond acceptors (Lipinski definition) is 6. The van der Waals surface area contributed by atoms with E-state index in [-0.39, 0.29) is 18.1 Å². The summed E-state index contributed by atoms with van der Waals surface area (Å²) < 4.78 is 13.1. The van der Waals surface area contributed by atoms with Gasteiger partial charge in [0, 0.05) is 5.69 Å². The van der Waals surface area contributed by atoms with Crippen LogP contribution in [0.3, 0.4) is 0 Å². The van der Waals surface area contributed by atoms with Crippen LogP contribution in [-0.4, -0.2) is 41.4 Å². The normalized spacial score (nSPS) is 20.6. The van der Waals surface area contributed by atoms with Crippen molar-refractivity contribution in [2.75, 3.05) is 16.8 Å². The van der Waals surface area contributed by atoms with E-state index in [9.17, 15) is 18.8 Å². The van der Waals surface area contributed by atoms with E-state index in [0.29, 0.717) is 5.69 Å². The molecular weight excluding hydrogens is 365 g/mol. The van der Waals surface area contributed by atoms with E-state index in [1.165, 1.54) is 17.1 Å². The summed E-state index contributed by atoms with van der Waals surface area (Å²) in [6.45, 7) is 1.71. The minimum absolute atomic E-state index is 0.227. The Morgan fingerprint density at radius 3 is 2.43 bits per heavy atom. The molecule has 0 spiro atoms. The summed E-state index contributed by atoms with van der Waals surface area (Å²) in [5, 5.41) is 11.6. The van der Waals surface area contributed by atoms with Gasteiger partial charge in [-0.1, -0.05) is 22.9 Å². The van der Waals surface area contributed by atoms with Gasteiger partial charge < -0.3 is 5.32 Å². The molecule has 1 N–H and O–H groups in total. The number of benzene rings is 2. The summed E-state index contributed by atoms with van der Waals surface area (Å²) in [7, 11) is 0. The highest BCUT2D eigenvalue weighted by molar-refractivity contribution is 6.25. The molecule has 8 nitrogen and oxygen atoms in total. The van der Waals surface area contributed by atoms with Crippen LogP contribution in [0, 0.1) is 12.7 Å². The number of nitrogens with one attached hydrogen (secondary N) is 1. The Morgan fingerprint density at radius 1 is 1.07 bits per heavy atom. The predicted octanol–water partition coefficient (Wildman–Crippen LogP) is 2.07. The largest absolute Gasteiger partial charge is 0.324 e. The second kappa shape index (κ2) is 6.84. The highest BCUT2D eigenvalue weighted by atomic mass is 19.1. The van der Waals surface area contributed by atoms with Crippen LogP contribution >= 0.6 is 0 Å². The smallest absolute Gasteiger partial charge is 0.263 e. The fraction of sp³-hybridized carbons (Fsp3) is 0.211. The van der Waals surface area contributed by atoms with E-state index < -0.39 is 29.7 Å². The van der Waals surface area contributed by atoms with Crippen LogP contribution in [-0.2, 0) is 14.4 Å². The third kappa shape index (κ3) is 3.11. The zero-order chi connectivity index (χ0) is 19.8. The molecular formula is C19H16FN5O3. The molecule has 142 valence electrons. The molecule has 2 aromatic rings. The molecule has 3 amide bonds. The number of carbonyl (C=O) groups is 3. The Labute approximate surface area is 159 Å². The standard InChI is InChI=1S/C19H16FN5O3/c1-11-2-6-13(7-3-11)21-15(26)10-24-17-16(22-23-24)18(27)25(19(17)28)14-8-4-12(20)5-9-14/h2-9,16-17H,10H2,1H3,(H,21,26)/t16-,17+/m1/s1. The molecule has 0 aromatic heterocycles. The number of anilines is 2. The van der Waals surface area contributed by atoms with Gasteiger partial charge in [0.05, 0.1) is 5.69 Å². The van der Waals surface area contributed by atoms with Crippen LogP contribution in [0.25, 0.3) is 0 Å². The molecule has 28 heavy (non-hydrogen) atoms. The Kier molecular flexibility index (Phi) is 4.34. The summed E-state index contributed by atoms with van der Waals surface area (Å²) in [5.74, 6) is -1.96. The van der Waals surface area contributed by atoms with Gasteiger partial charge in [-0.15, -0.1) is 0 Å². The maximum Gasteiger partial charge on any atom is 0.263 e. The number of amides is 3. The topological polar surface area (TPSA) is 94.4 Å². The fourth-order valence-corrected chi connectivity index (χ4v) is 3.18. The molecule has 0 radical (unpaired) electrons. The minimum Gasteiger partial charge on any atom is -0.324 e. The van der Waals surface area contributed by atoms with Crippen LogP contribution in [0.4, 0.5) is 15.8 Å². The first-order valence-corrected chi connectivity index (χ1v) is 8.61. The van der Waals surface area contributed by atoms with Gasteiger partial charge in [-0.05, 0) is 43.3 Å². The maximum absolute atomic E-state index is 13.1. The molecule has 2 aliphatic rings. The molecule has 0 aliphatic carbocycles. The molecule has 0 saturated carbocycles. The van der Waals surface area contributed by atoms with E-state index in [1.54, 1.807) is 12.1 Å². The van der Waals surface area contributed by atoms with Gasteiger partial charge in [-0.25, -0.2) is 9.29 Å². The first-order chi connectivity index (χ1) is 13.4. The Balaban J connectivity index is 1.48. The molecule has 2 atom stereocenters. The van der Waals surface area contributed by atoms with Gasteiger partial charge in [-0.2, -0.15) is 5.11 Å². The van der Waals surface area contributed by atoms with Crippen molar-refractivity contribution < 1.29 is 18.8 Å². The lowest BCUT2D eigenvalue weighted by Gasteiger charge is -2.20. The van der Waals surface area contributed by atoms with E-state index in [4.69, 9.17) is 0 Å². The third-order valence-electron chi connectivity index (χ3n) is 4.58. The van der Waals surface area contributed by atoms with Crippen molar-refractivity contribution >= 4 is 29.1 Å². The van der Waals surface area contributed by atoms with Gasteiger partial charge in [0.15, 0.2) is 12.1 Å². The Hall–Kier alpha value is -3.62. The van der Waals surface area contributed by atoms with Crippen molar-refractivity contribution in [3.05, 3.63) is 59.9 Å². The zero-order valence-corrected chi connectivity index (χ0v) is 14.9. The lowest BCUT2D eigenvalue weighted by Crippen LogP contribution is -2.43. The summed E-state index contributed by atoms with van der Waals surface area (Å²) in [5.41, 5.74) is 1.93. The van der Waals surface area contributed by atoms with Crippen LogP contribution in [0.2, 0.25) is 0 Å². The molecule has 2 aromatic carbocycles. The fourth-order valence-electron chi connectivity index (χ4n) is 3.18. The zero-order valence-electron chi connectivity index (χ0n) is 14.9. The van der Waals surface area contributed by atoms with Gasteiger partial charge >= 0.3 is 0 Å². The lowest BCUT2D eigenvalue weighted by molar-refractivity contribution is -0.123. The molecule has 0 bridgehead atoms. The molecule has 0 unspecified atom stereocenters. The summed E-state index contributed by atoms with van der Waals surface area (Å²) in [6, 6.07) is 10.3. The van der Waals surface area contributed by atoms with E-state index in [1.807, 2.05) is 19.1 Å². The maximum atomic E-state index is 13.1. The molecule has 4 rings (SSSR count). The van der Waals surface area contributed by atoms with Gasteiger partial charge in [-0.3, -0.25) is 19.4 Å². The number of halogens is 1. The number of carbonyl (C=O) groups excluding carboxylic acids is 3. The van der Waals surface area contributed by atoms with E-state index in [2.05, 4.69) is 15.7 Å². The predicted molar refractivity (Wildman–Crippen MR) is 97.8 cm³/mol. The van der Waals surface area contributed by atoms with Crippen molar-refractivity contribution in [3.63, 3.8) is 0 Å². The minimum atomic E-state index is -1.01. The number of fused-ring (bicyclic) bond motifs is 1. The first kappa shape index (κ1) is 17.8. The van der Waals surface area contributed by atoms with Gasteiger partial charge in [0.25, 0.3) is 11.8 Å². The Bertz CT molecular complexity index is 974. The summed E-state index contributed by atoms with van der Waals surface area (Å²) in [4.78, 5) is 38.6. The van der Waals surface area contributed by atoms with E-state index >= 15 is 0 Å². The van der Waals surface area contributed by atoms with Crippen molar-refractivity contribution in [1.29, 1.82) is 0 Å². The summed E-state index contributed by atoms with van der Waals surface area (Å²) >= 11 is 0. The van der Waals surface area contributed by atoms with Crippen LogP contribution in [0.15, 0.2) is 58.9 Å². The second-order valence-corrected chi connectivity index (χ2v) is 6.59. The van der Waals surface area contributed by atoms with Crippen molar-refractivity contribution in [2.45, 2.75) is 19.0 Å². The average Bonchev–Trinajstić information content (AvgIpc) is 3.18. The van der Waals surface area contributed by atoms with Crippen LogP contribution in [0.1, 0.15) is 5.56 Å². The molecule has 1 saturated heterocycles. The van der Waals surface area contributed by atoms with Gasteiger partial charge in [0.2, 0.25) is 5.91 Å². The number of hydrogen-bond donors (Lipinski definition) is 1. The average molecular weight is 381 g/mol. The number of aryl methyl sites for hydroxylation is 1. The Morgan fingerprint density at radius 2 is 1.75 bits per heavy atom. The van der Waals surface area contributed by atoms with Crippen LogP contribution < -0.4 is 10.2 Å². The van der Waals surface area contributed by atoms with Gasteiger partial charge in [0.1, 0.15) is 12.4 Å². The lowest BCUT2D eigenvalue weighted by atomic mass is 10.1. The number of imide groups is 1. The van der Waals surface area contributed by atoms with Crippen LogP contribution in [0.5, 0.6) is 0 Å². The number of rotatable bonds is 4. The molecule has 9 heteroatoms. The highest BCUT2D eigenvalue weighted by Crippen LogP contribution is 2.31. The highest BCUT2D eigenvalue weighted by Gasteiger charge is 2.55. The first-order valence-electron chi connectivity index (χ1n) is 8.61. The summed E-state index contributed by atoms with van der Waals surface area (Å²) in [6.07, 6.45) is 0. The molecule has 2 aliphatic heterocycles. The van der Waals surface area contributed by atoms with Crippen molar-refractivity contribution in [2.24, 2.45) is 10.3 Å². The molecule has 2 heterocycles. The third-order valence-corrected chi connectivity index (χ3v) is 4.58.